The van der Waals surface area contributed by atoms with Gasteiger partial charge < -0.3 is 24.6 Å². The zero-order valence-corrected chi connectivity index (χ0v) is 28.1. The van der Waals surface area contributed by atoms with Crippen LogP contribution in [-0.2, 0) is 32.9 Å². The molecular weight excluding hydrogens is 573 g/mol. The first kappa shape index (κ1) is 41.5. The molecule has 0 aromatic carbocycles. The number of hydrogen-bond donors (Lipinski definition) is 3. The van der Waals surface area contributed by atoms with Crippen LogP contribution in [0.2, 0.25) is 0 Å². The summed E-state index contributed by atoms with van der Waals surface area (Å²) in [4.78, 5) is 53.2. The number of unbranched alkanes of at least 4 members (excludes halogenated alkanes) is 19. The number of rotatable bonds is 31. The molecule has 0 rings (SSSR count). The van der Waals surface area contributed by atoms with Gasteiger partial charge in [-0.25, -0.2) is 4.57 Å². The third kappa shape index (κ3) is 33.3. The molecule has 0 aliphatic rings. The van der Waals surface area contributed by atoms with Crippen LogP contribution in [0.1, 0.15) is 162 Å². The minimum atomic E-state index is -4.74. The maximum Gasteiger partial charge on any atom is 0.469 e. The molecule has 0 aromatic heterocycles. The van der Waals surface area contributed by atoms with Crippen LogP contribution in [-0.4, -0.2) is 53.5 Å². The number of carbonyl (C=O) groups excluding carboxylic acids is 3. The highest BCUT2D eigenvalue weighted by Crippen LogP contribution is 2.36. The van der Waals surface area contributed by atoms with Crippen molar-refractivity contribution in [2.45, 2.75) is 168 Å². The number of nitrogens with one attached hydrogen (secondary N) is 1. The molecule has 11 heteroatoms. The maximum atomic E-state index is 12.2. The maximum absolute atomic E-state index is 12.2. The van der Waals surface area contributed by atoms with E-state index in [4.69, 9.17) is 19.3 Å². The second kappa shape index (κ2) is 29.2. The molecule has 0 saturated heterocycles. The molecule has 254 valence electrons. The van der Waals surface area contributed by atoms with Crippen LogP contribution < -0.4 is 5.32 Å². The number of amides is 1. The number of hydrogen-bond acceptors (Lipinski definition) is 7. The number of ether oxygens (including phenoxy) is 2. The van der Waals surface area contributed by atoms with Gasteiger partial charge in [-0.1, -0.05) is 122 Å². The van der Waals surface area contributed by atoms with Crippen LogP contribution in [0.15, 0.2) is 0 Å². The Bertz CT molecular complexity index is 744. The van der Waals surface area contributed by atoms with Gasteiger partial charge in [0.05, 0.1) is 6.61 Å². The molecule has 0 aromatic rings. The Hall–Kier alpha value is -1.48. The van der Waals surface area contributed by atoms with Gasteiger partial charge >= 0.3 is 19.8 Å². The first-order valence-electron chi connectivity index (χ1n) is 16.9. The molecule has 1 atom stereocenters. The topological polar surface area (TPSA) is 148 Å². The van der Waals surface area contributed by atoms with Crippen molar-refractivity contribution in [1.82, 2.24) is 5.32 Å². The van der Waals surface area contributed by atoms with E-state index in [-0.39, 0.29) is 25.4 Å². The lowest BCUT2D eigenvalue weighted by atomic mass is 10.0. The highest BCUT2D eigenvalue weighted by atomic mass is 31.2. The Morgan fingerprint density at radius 1 is 0.628 bits per heavy atom. The highest BCUT2D eigenvalue weighted by molar-refractivity contribution is 7.46. The molecule has 0 radical (unpaired) electrons. The predicted molar refractivity (Wildman–Crippen MR) is 169 cm³/mol. The van der Waals surface area contributed by atoms with E-state index < -0.39 is 32.5 Å². The van der Waals surface area contributed by atoms with Gasteiger partial charge in [0.15, 0.2) is 6.10 Å². The van der Waals surface area contributed by atoms with Crippen molar-refractivity contribution >= 4 is 25.7 Å². The van der Waals surface area contributed by atoms with Gasteiger partial charge in [-0.3, -0.25) is 18.9 Å². The van der Waals surface area contributed by atoms with Gasteiger partial charge in [0, 0.05) is 26.3 Å². The van der Waals surface area contributed by atoms with Crippen molar-refractivity contribution in [3.05, 3.63) is 0 Å². The molecule has 0 unspecified atom stereocenters. The van der Waals surface area contributed by atoms with E-state index >= 15 is 0 Å². The Morgan fingerprint density at radius 3 is 1.49 bits per heavy atom. The quantitative estimate of drug-likeness (QED) is 0.0396. The molecule has 0 heterocycles. The Balaban J connectivity index is 3.88. The molecule has 0 spiro atoms. The first-order chi connectivity index (χ1) is 20.6. The molecule has 3 N–H and O–H groups in total. The van der Waals surface area contributed by atoms with Gasteiger partial charge in [0.1, 0.15) is 6.61 Å². The SMILES string of the molecule is CCCCCCCCCCC(=O)O[C@H](COC(=O)CCCCCCCCCCCCCCCNC(C)=O)COP(=O)(O)O. The average molecular weight is 636 g/mol. The normalized spacial score (nSPS) is 12.2. The Labute approximate surface area is 261 Å². The summed E-state index contributed by atoms with van der Waals surface area (Å²) >= 11 is 0. The molecule has 0 bridgehead atoms. The van der Waals surface area contributed by atoms with E-state index in [0.717, 1.165) is 51.5 Å². The van der Waals surface area contributed by atoms with Crippen molar-refractivity contribution in [3.8, 4) is 0 Å². The van der Waals surface area contributed by atoms with Gasteiger partial charge in [-0.2, -0.15) is 0 Å². The zero-order chi connectivity index (χ0) is 32.0. The number of phosphoric ester groups is 1. The lowest BCUT2D eigenvalue weighted by molar-refractivity contribution is -0.161. The van der Waals surface area contributed by atoms with E-state index in [9.17, 15) is 18.9 Å². The second-order valence-electron chi connectivity index (χ2n) is 11.6. The van der Waals surface area contributed by atoms with Crippen molar-refractivity contribution < 1.29 is 42.7 Å². The number of phosphoric acid groups is 1. The molecule has 10 nitrogen and oxygen atoms in total. The molecule has 1 amide bonds. The third-order valence-corrected chi connectivity index (χ3v) is 7.81. The minimum absolute atomic E-state index is 0.0439. The van der Waals surface area contributed by atoms with E-state index in [0.29, 0.717) is 12.8 Å². The summed E-state index contributed by atoms with van der Waals surface area (Å²) in [6, 6.07) is 0. The van der Waals surface area contributed by atoms with Gasteiger partial charge in [0.25, 0.3) is 0 Å². The molecule has 0 aliphatic heterocycles. The van der Waals surface area contributed by atoms with E-state index in [1.165, 1.54) is 77.0 Å². The van der Waals surface area contributed by atoms with Crippen molar-refractivity contribution in [1.29, 1.82) is 0 Å². The predicted octanol–water partition coefficient (Wildman–Crippen LogP) is 7.68. The van der Waals surface area contributed by atoms with E-state index in [1.54, 1.807) is 6.92 Å². The van der Waals surface area contributed by atoms with Crippen LogP contribution in [0, 0.1) is 0 Å². The minimum Gasteiger partial charge on any atom is -0.462 e. The fourth-order valence-electron chi connectivity index (χ4n) is 4.81. The number of esters is 2. The fourth-order valence-corrected chi connectivity index (χ4v) is 5.17. The van der Waals surface area contributed by atoms with Crippen LogP contribution in [0.3, 0.4) is 0 Å². The number of carbonyl (C=O) groups is 3. The summed E-state index contributed by atoms with van der Waals surface area (Å²) in [7, 11) is -4.74. The third-order valence-electron chi connectivity index (χ3n) is 7.32. The van der Waals surface area contributed by atoms with Crippen molar-refractivity contribution in [3.63, 3.8) is 0 Å². The Kier molecular flexibility index (Phi) is 28.2. The highest BCUT2D eigenvalue weighted by Gasteiger charge is 2.22. The summed E-state index contributed by atoms with van der Waals surface area (Å²) < 4.78 is 26.1. The lowest BCUT2D eigenvalue weighted by Crippen LogP contribution is -2.29. The first-order valence-corrected chi connectivity index (χ1v) is 18.5. The summed E-state index contributed by atoms with van der Waals surface area (Å²) in [5.74, 6) is -0.866. The van der Waals surface area contributed by atoms with E-state index in [1.807, 2.05) is 0 Å². The smallest absolute Gasteiger partial charge is 0.462 e. The Morgan fingerprint density at radius 2 is 1.05 bits per heavy atom. The monoisotopic (exact) mass is 635 g/mol. The summed E-state index contributed by atoms with van der Waals surface area (Å²) in [6.07, 6.45) is 22.9. The molecule has 0 aliphatic carbocycles. The largest absolute Gasteiger partial charge is 0.469 e. The lowest BCUT2D eigenvalue weighted by Gasteiger charge is -2.18. The van der Waals surface area contributed by atoms with Crippen molar-refractivity contribution in [2.75, 3.05) is 19.8 Å². The van der Waals surface area contributed by atoms with Gasteiger partial charge in [0.2, 0.25) is 5.91 Å². The molecule has 0 fully saturated rings. The van der Waals surface area contributed by atoms with Crippen LogP contribution in [0.4, 0.5) is 0 Å². The van der Waals surface area contributed by atoms with Crippen LogP contribution >= 0.6 is 7.82 Å². The summed E-state index contributed by atoms with van der Waals surface area (Å²) in [5, 5.41) is 2.83. The van der Waals surface area contributed by atoms with Crippen LogP contribution in [0.5, 0.6) is 0 Å². The molecule has 43 heavy (non-hydrogen) atoms. The van der Waals surface area contributed by atoms with Crippen molar-refractivity contribution in [2.24, 2.45) is 0 Å². The molecule has 0 saturated carbocycles. The van der Waals surface area contributed by atoms with E-state index in [2.05, 4.69) is 16.8 Å². The standard InChI is InChI=1S/C32H62NO9P/c1-3-4-5-6-7-15-19-22-25-32(36)42-30(28-41-43(37,38)39)27-40-31(35)24-21-18-16-13-11-9-8-10-12-14-17-20-23-26-33-29(2)34/h30H,3-28H2,1-2H3,(H,33,34)(H2,37,38,39)/t30-/m1/s1. The zero-order valence-electron chi connectivity index (χ0n) is 27.2. The van der Waals surface area contributed by atoms with Gasteiger partial charge in [-0.15, -0.1) is 0 Å². The average Bonchev–Trinajstić information content (AvgIpc) is 2.95. The second-order valence-corrected chi connectivity index (χ2v) is 12.9. The van der Waals surface area contributed by atoms with Crippen LogP contribution in [0.25, 0.3) is 0 Å². The fraction of sp³-hybridized carbons (Fsp3) is 0.906. The molecular formula is C32H62NO9P. The summed E-state index contributed by atoms with van der Waals surface area (Å²) in [5.41, 5.74) is 0. The van der Waals surface area contributed by atoms with Gasteiger partial charge in [-0.05, 0) is 19.3 Å². The summed E-state index contributed by atoms with van der Waals surface area (Å²) in [6.45, 7) is 3.68.